The lowest BCUT2D eigenvalue weighted by Crippen LogP contribution is -2.32. The predicted molar refractivity (Wildman–Crippen MR) is 82.7 cm³/mol. The number of fused-ring (bicyclic) bond motifs is 1. The summed E-state index contributed by atoms with van der Waals surface area (Å²) in [6.45, 7) is 7.74. The quantitative estimate of drug-likeness (QED) is 0.893. The molecular weight excluding hydrogens is 268 g/mol. The van der Waals surface area contributed by atoms with Crippen LogP contribution < -0.4 is 20.5 Å². The number of nitrogens with two attached hydrogens (primary N) is 1. The molecule has 1 amide bonds. The number of anilines is 1. The van der Waals surface area contributed by atoms with Gasteiger partial charge in [-0.1, -0.05) is 20.8 Å². The molecule has 0 aliphatic carbocycles. The van der Waals surface area contributed by atoms with Crippen molar-refractivity contribution in [3.63, 3.8) is 0 Å². The standard InChI is InChI=1S/C16H24N2O3/c1-16(2,3)9-11(10-17)15(19)18-12-4-5-13-14(8-12)21-7-6-20-13/h4-5,8,11H,6-7,9-10,17H2,1-3H3,(H,18,19). The van der Waals surface area contributed by atoms with E-state index in [9.17, 15) is 4.79 Å². The second kappa shape index (κ2) is 6.35. The van der Waals surface area contributed by atoms with Crippen molar-refractivity contribution in [2.75, 3.05) is 25.1 Å². The first-order valence-electron chi connectivity index (χ1n) is 7.29. The summed E-state index contributed by atoms with van der Waals surface area (Å²) < 4.78 is 11.0. The maximum absolute atomic E-state index is 12.3. The number of carbonyl (C=O) groups is 1. The number of nitrogens with one attached hydrogen (secondary N) is 1. The minimum Gasteiger partial charge on any atom is -0.486 e. The molecule has 116 valence electrons. The Kier molecular flexibility index (Phi) is 4.73. The highest BCUT2D eigenvalue weighted by Crippen LogP contribution is 2.33. The Labute approximate surface area is 125 Å². The molecule has 5 nitrogen and oxygen atoms in total. The third kappa shape index (κ3) is 4.36. The molecule has 0 saturated heterocycles. The average Bonchev–Trinajstić information content (AvgIpc) is 2.43. The number of benzene rings is 1. The van der Waals surface area contributed by atoms with Gasteiger partial charge < -0.3 is 20.5 Å². The van der Waals surface area contributed by atoms with E-state index >= 15 is 0 Å². The number of ether oxygens (including phenoxy) is 2. The number of rotatable bonds is 4. The van der Waals surface area contributed by atoms with E-state index in [1.807, 2.05) is 12.1 Å². The van der Waals surface area contributed by atoms with Gasteiger partial charge in [-0.3, -0.25) is 4.79 Å². The van der Waals surface area contributed by atoms with Gasteiger partial charge in [0.25, 0.3) is 0 Å². The summed E-state index contributed by atoms with van der Waals surface area (Å²) in [4.78, 5) is 12.3. The minimum atomic E-state index is -0.196. The highest BCUT2D eigenvalue weighted by atomic mass is 16.6. The fourth-order valence-corrected chi connectivity index (χ4v) is 2.39. The molecule has 0 saturated carbocycles. The van der Waals surface area contributed by atoms with Crippen LogP contribution in [-0.4, -0.2) is 25.7 Å². The SMILES string of the molecule is CC(C)(C)CC(CN)C(=O)Nc1ccc2c(c1)OCCO2. The van der Waals surface area contributed by atoms with Crippen LogP contribution in [0.25, 0.3) is 0 Å². The van der Waals surface area contributed by atoms with Crippen LogP contribution in [0.4, 0.5) is 5.69 Å². The molecule has 1 aliphatic heterocycles. The molecule has 0 fully saturated rings. The van der Waals surface area contributed by atoms with Crippen molar-refractivity contribution in [3.05, 3.63) is 18.2 Å². The van der Waals surface area contributed by atoms with E-state index in [4.69, 9.17) is 15.2 Å². The summed E-state index contributed by atoms with van der Waals surface area (Å²) in [7, 11) is 0. The van der Waals surface area contributed by atoms with Crippen LogP contribution in [0.3, 0.4) is 0 Å². The van der Waals surface area contributed by atoms with Gasteiger partial charge in [0, 0.05) is 18.3 Å². The van der Waals surface area contributed by atoms with Crippen LogP contribution in [0.15, 0.2) is 18.2 Å². The fraction of sp³-hybridized carbons (Fsp3) is 0.562. The summed E-state index contributed by atoms with van der Waals surface area (Å²) in [5, 5.41) is 2.91. The Bertz CT molecular complexity index is 509. The molecule has 1 unspecified atom stereocenters. The molecule has 1 aromatic carbocycles. The molecule has 0 radical (unpaired) electrons. The third-order valence-electron chi connectivity index (χ3n) is 3.32. The van der Waals surface area contributed by atoms with Crippen LogP contribution in [0.5, 0.6) is 11.5 Å². The summed E-state index contributed by atoms with van der Waals surface area (Å²) in [6, 6.07) is 5.42. The van der Waals surface area contributed by atoms with Gasteiger partial charge in [-0.15, -0.1) is 0 Å². The minimum absolute atomic E-state index is 0.0518. The zero-order valence-corrected chi connectivity index (χ0v) is 12.9. The normalized spacial score (nSPS) is 15.4. The van der Waals surface area contributed by atoms with Crippen LogP contribution >= 0.6 is 0 Å². The van der Waals surface area contributed by atoms with Crippen LogP contribution in [0.2, 0.25) is 0 Å². The molecule has 0 aromatic heterocycles. The molecule has 1 aromatic rings. The smallest absolute Gasteiger partial charge is 0.228 e. The van der Waals surface area contributed by atoms with E-state index in [-0.39, 0.29) is 17.2 Å². The molecule has 1 heterocycles. The highest BCUT2D eigenvalue weighted by Gasteiger charge is 2.24. The molecule has 3 N–H and O–H groups in total. The molecule has 1 aliphatic rings. The first kappa shape index (κ1) is 15.6. The zero-order chi connectivity index (χ0) is 15.5. The Morgan fingerprint density at radius 3 is 2.57 bits per heavy atom. The van der Waals surface area contributed by atoms with Crippen LogP contribution in [0, 0.1) is 11.3 Å². The number of hydrogen-bond donors (Lipinski definition) is 2. The van der Waals surface area contributed by atoms with Gasteiger partial charge in [0.15, 0.2) is 11.5 Å². The molecular formula is C16H24N2O3. The summed E-state index contributed by atoms with van der Waals surface area (Å²) in [6.07, 6.45) is 0.750. The summed E-state index contributed by atoms with van der Waals surface area (Å²) in [5.41, 5.74) is 6.51. The Morgan fingerprint density at radius 1 is 1.29 bits per heavy atom. The monoisotopic (exact) mass is 292 g/mol. The van der Waals surface area contributed by atoms with E-state index < -0.39 is 0 Å². The second-order valence-corrected chi connectivity index (χ2v) is 6.55. The van der Waals surface area contributed by atoms with Crippen molar-refractivity contribution in [1.82, 2.24) is 0 Å². The first-order chi connectivity index (χ1) is 9.89. The largest absolute Gasteiger partial charge is 0.486 e. The van der Waals surface area contributed by atoms with Gasteiger partial charge >= 0.3 is 0 Å². The summed E-state index contributed by atoms with van der Waals surface area (Å²) in [5.74, 6) is 1.13. The third-order valence-corrected chi connectivity index (χ3v) is 3.32. The summed E-state index contributed by atoms with van der Waals surface area (Å²) >= 11 is 0. The Morgan fingerprint density at radius 2 is 1.95 bits per heavy atom. The molecule has 5 heteroatoms. The van der Waals surface area contributed by atoms with E-state index in [1.54, 1.807) is 6.07 Å². The van der Waals surface area contributed by atoms with Gasteiger partial charge in [-0.2, -0.15) is 0 Å². The first-order valence-corrected chi connectivity index (χ1v) is 7.29. The topological polar surface area (TPSA) is 73.6 Å². The predicted octanol–water partition coefficient (Wildman–Crippen LogP) is 2.41. The van der Waals surface area contributed by atoms with Crippen molar-refractivity contribution in [2.45, 2.75) is 27.2 Å². The Hall–Kier alpha value is -1.75. The fourth-order valence-electron chi connectivity index (χ4n) is 2.39. The lowest BCUT2D eigenvalue weighted by Gasteiger charge is -2.24. The van der Waals surface area contributed by atoms with Crippen molar-refractivity contribution in [3.8, 4) is 11.5 Å². The Balaban J connectivity index is 2.04. The van der Waals surface area contributed by atoms with Crippen molar-refractivity contribution in [2.24, 2.45) is 17.1 Å². The number of amides is 1. The van der Waals surface area contributed by atoms with Crippen molar-refractivity contribution < 1.29 is 14.3 Å². The lowest BCUT2D eigenvalue weighted by molar-refractivity contribution is -0.120. The molecule has 2 rings (SSSR count). The number of hydrogen-bond acceptors (Lipinski definition) is 4. The van der Waals surface area contributed by atoms with Gasteiger partial charge in [-0.05, 0) is 24.0 Å². The van der Waals surface area contributed by atoms with E-state index in [1.165, 1.54) is 0 Å². The zero-order valence-electron chi connectivity index (χ0n) is 12.9. The lowest BCUT2D eigenvalue weighted by atomic mass is 9.84. The molecule has 21 heavy (non-hydrogen) atoms. The number of carbonyl (C=O) groups excluding carboxylic acids is 1. The molecule has 1 atom stereocenters. The molecule has 0 bridgehead atoms. The second-order valence-electron chi connectivity index (χ2n) is 6.55. The van der Waals surface area contributed by atoms with Gasteiger partial charge in [0.05, 0.1) is 5.92 Å². The van der Waals surface area contributed by atoms with Gasteiger partial charge in [0.1, 0.15) is 13.2 Å². The van der Waals surface area contributed by atoms with E-state index in [2.05, 4.69) is 26.1 Å². The van der Waals surface area contributed by atoms with Crippen LogP contribution in [-0.2, 0) is 4.79 Å². The van der Waals surface area contributed by atoms with Gasteiger partial charge in [-0.25, -0.2) is 0 Å². The van der Waals surface area contributed by atoms with Crippen molar-refractivity contribution >= 4 is 11.6 Å². The van der Waals surface area contributed by atoms with Crippen LogP contribution in [0.1, 0.15) is 27.2 Å². The maximum Gasteiger partial charge on any atom is 0.228 e. The van der Waals surface area contributed by atoms with E-state index in [0.717, 1.165) is 6.42 Å². The average molecular weight is 292 g/mol. The highest BCUT2D eigenvalue weighted by molar-refractivity contribution is 5.93. The van der Waals surface area contributed by atoms with Gasteiger partial charge in [0.2, 0.25) is 5.91 Å². The molecule has 0 spiro atoms. The van der Waals surface area contributed by atoms with E-state index in [0.29, 0.717) is 36.9 Å². The maximum atomic E-state index is 12.3. The van der Waals surface area contributed by atoms with Crippen molar-refractivity contribution in [1.29, 1.82) is 0 Å².